The van der Waals surface area contributed by atoms with Gasteiger partial charge in [-0.3, -0.25) is 0 Å². The van der Waals surface area contributed by atoms with Crippen molar-refractivity contribution in [3.8, 4) is 6.07 Å². The first kappa shape index (κ1) is 12.1. The van der Waals surface area contributed by atoms with Crippen LogP contribution in [0.4, 0.5) is 17.5 Å². The van der Waals surface area contributed by atoms with Crippen LogP contribution in [0.2, 0.25) is 5.02 Å². The van der Waals surface area contributed by atoms with Crippen molar-refractivity contribution >= 4 is 29.1 Å². The van der Waals surface area contributed by atoms with Crippen LogP contribution in [0.5, 0.6) is 0 Å². The Kier molecular flexibility index (Phi) is 3.60. The van der Waals surface area contributed by atoms with Crippen LogP contribution in [0, 0.1) is 11.3 Å². The fourth-order valence-electron chi connectivity index (χ4n) is 1.40. The molecular formula is C12H10ClN5. The molecule has 2 N–H and O–H groups in total. The van der Waals surface area contributed by atoms with Gasteiger partial charge in [-0.05, 0) is 18.2 Å². The first-order chi connectivity index (χ1) is 8.72. The average molecular weight is 260 g/mol. The normalized spacial score (nSPS) is 9.61. The minimum atomic E-state index is 0.416. The van der Waals surface area contributed by atoms with Crippen molar-refractivity contribution in [2.24, 2.45) is 0 Å². The Morgan fingerprint density at radius 2 is 2.22 bits per heavy atom. The smallest absolute Gasteiger partial charge is 0.229 e. The van der Waals surface area contributed by atoms with E-state index in [9.17, 15) is 0 Å². The summed E-state index contributed by atoms with van der Waals surface area (Å²) in [6.07, 6.45) is 1.51. The maximum atomic E-state index is 8.81. The Morgan fingerprint density at radius 3 is 2.94 bits per heavy atom. The molecule has 0 saturated carbocycles. The van der Waals surface area contributed by atoms with E-state index >= 15 is 0 Å². The molecule has 0 fully saturated rings. The van der Waals surface area contributed by atoms with E-state index in [2.05, 4.69) is 26.7 Å². The second kappa shape index (κ2) is 5.34. The number of anilines is 3. The maximum absolute atomic E-state index is 8.81. The molecule has 0 radical (unpaired) electrons. The third-order valence-corrected chi connectivity index (χ3v) is 2.51. The van der Waals surface area contributed by atoms with Gasteiger partial charge in [0.1, 0.15) is 10.8 Å². The Bertz CT molecular complexity index is 606. The molecule has 1 aromatic heterocycles. The van der Waals surface area contributed by atoms with E-state index < -0.39 is 0 Å². The molecule has 90 valence electrons. The van der Waals surface area contributed by atoms with Crippen LogP contribution in [0.25, 0.3) is 0 Å². The molecule has 1 aromatic carbocycles. The van der Waals surface area contributed by atoms with Crippen molar-refractivity contribution in [1.29, 1.82) is 5.26 Å². The van der Waals surface area contributed by atoms with Crippen molar-refractivity contribution in [1.82, 2.24) is 9.97 Å². The van der Waals surface area contributed by atoms with Crippen LogP contribution < -0.4 is 10.6 Å². The molecule has 18 heavy (non-hydrogen) atoms. The van der Waals surface area contributed by atoms with E-state index in [-0.39, 0.29) is 0 Å². The van der Waals surface area contributed by atoms with Gasteiger partial charge in [0.15, 0.2) is 0 Å². The molecule has 0 unspecified atom stereocenters. The number of nitrogens with one attached hydrogen (secondary N) is 2. The fourth-order valence-corrected chi connectivity index (χ4v) is 1.58. The molecule has 2 aromatic rings. The highest BCUT2D eigenvalue weighted by atomic mass is 35.5. The van der Waals surface area contributed by atoms with E-state index in [1.165, 1.54) is 6.20 Å². The minimum absolute atomic E-state index is 0.416. The molecule has 5 nitrogen and oxygen atoms in total. The predicted octanol–water partition coefficient (Wildman–Crippen LogP) is 2.79. The molecule has 0 atom stereocenters. The van der Waals surface area contributed by atoms with Gasteiger partial charge in [0, 0.05) is 12.7 Å². The standard InChI is InChI=1S/C12H10ClN5/c1-15-11-10(13)7-16-12(18-11)17-9-4-2-3-8(5-9)6-14/h2-5,7H,1H3,(H2,15,16,17,18). The largest absolute Gasteiger partial charge is 0.372 e. The number of rotatable bonds is 3. The molecule has 0 aliphatic carbocycles. The van der Waals surface area contributed by atoms with Gasteiger partial charge >= 0.3 is 0 Å². The molecule has 0 bridgehead atoms. The third-order valence-electron chi connectivity index (χ3n) is 2.23. The zero-order chi connectivity index (χ0) is 13.0. The fraction of sp³-hybridized carbons (Fsp3) is 0.0833. The zero-order valence-electron chi connectivity index (χ0n) is 9.61. The summed E-state index contributed by atoms with van der Waals surface area (Å²) >= 11 is 5.89. The Morgan fingerprint density at radius 1 is 1.39 bits per heavy atom. The third kappa shape index (κ3) is 2.67. The van der Waals surface area contributed by atoms with E-state index in [4.69, 9.17) is 16.9 Å². The Balaban J connectivity index is 2.26. The first-order valence-corrected chi connectivity index (χ1v) is 5.58. The van der Waals surface area contributed by atoms with Gasteiger partial charge in [0.25, 0.3) is 0 Å². The van der Waals surface area contributed by atoms with Crippen LogP contribution in [0.1, 0.15) is 5.56 Å². The van der Waals surface area contributed by atoms with Gasteiger partial charge in [-0.1, -0.05) is 17.7 Å². The number of nitriles is 1. The molecule has 6 heteroatoms. The van der Waals surface area contributed by atoms with E-state index in [1.54, 1.807) is 25.2 Å². The molecule has 0 amide bonds. The van der Waals surface area contributed by atoms with Gasteiger partial charge < -0.3 is 10.6 Å². The lowest BCUT2D eigenvalue weighted by molar-refractivity contribution is 1.16. The highest BCUT2D eigenvalue weighted by Gasteiger charge is 2.04. The predicted molar refractivity (Wildman–Crippen MR) is 71.0 cm³/mol. The summed E-state index contributed by atoms with van der Waals surface area (Å²) in [4.78, 5) is 8.25. The lowest BCUT2D eigenvalue weighted by Gasteiger charge is -2.07. The summed E-state index contributed by atoms with van der Waals surface area (Å²) in [5.74, 6) is 0.962. The Labute approximate surface area is 109 Å². The summed E-state index contributed by atoms with van der Waals surface area (Å²) in [6.45, 7) is 0. The molecule has 0 aliphatic rings. The van der Waals surface area contributed by atoms with Crippen molar-refractivity contribution in [2.75, 3.05) is 17.7 Å². The molecule has 2 rings (SSSR count). The summed E-state index contributed by atoms with van der Waals surface area (Å²) in [5, 5.41) is 15.1. The van der Waals surface area contributed by atoms with E-state index in [0.717, 1.165) is 5.69 Å². The SMILES string of the molecule is CNc1nc(Nc2cccc(C#N)c2)ncc1Cl. The number of aromatic nitrogens is 2. The number of benzene rings is 1. The van der Waals surface area contributed by atoms with Gasteiger partial charge in [-0.15, -0.1) is 0 Å². The van der Waals surface area contributed by atoms with Crippen LogP contribution >= 0.6 is 11.6 Å². The lowest BCUT2D eigenvalue weighted by atomic mass is 10.2. The van der Waals surface area contributed by atoms with E-state index in [0.29, 0.717) is 22.4 Å². The summed E-state index contributed by atoms with van der Waals surface area (Å²) < 4.78 is 0. The van der Waals surface area contributed by atoms with Gasteiger partial charge in [-0.25, -0.2) is 4.98 Å². The first-order valence-electron chi connectivity index (χ1n) is 5.20. The molecule has 1 heterocycles. The molecule has 0 aliphatic heterocycles. The molecule has 0 saturated heterocycles. The number of halogens is 1. The Hall–Kier alpha value is -2.32. The van der Waals surface area contributed by atoms with Crippen LogP contribution in [0.15, 0.2) is 30.5 Å². The number of hydrogen-bond acceptors (Lipinski definition) is 5. The van der Waals surface area contributed by atoms with Gasteiger partial charge in [0.2, 0.25) is 5.95 Å². The maximum Gasteiger partial charge on any atom is 0.229 e. The van der Waals surface area contributed by atoms with Gasteiger partial charge in [0.05, 0.1) is 17.8 Å². The summed E-state index contributed by atoms with van der Waals surface area (Å²) in [6, 6.07) is 9.14. The van der Waals surface area contributed by atoms with Crippen LogP contribution in [-0.2, 0) is 0 Å². The topological polar surface area (TPSA) is 73.6 Å². The second-order valence-electron chi connectivity index (χ2n) is 3.46. The monoisotopic (exact) mass is 259 g/mol. The van der Waals surface area contributed by atoms with Crippen LogP contribution in [-0.4, -0.2) is 17.0 Å². The summed E-state index contributed by atoms with van der Waals surface area (Å²) in [5.41, 5.74) is 1.32. The molecule has 0 spiro atoms. The van der Waals surface area contributed by atoms with Crippen molar-refractivity contribution in [3.05, 3.63) is 41.0 Å². The van der Waals surface area contributed by atoms with Crippen molar-refractivity contribution in [2.45, 2.75) is 0 Å². The number of nitrogens with zero attached hydrogens (tertiary/aromatic N) is 3. The van der Waals surface area contributed by atoms with Crippen LogP contribution in [0.3, 0.4) is 0 Å². The lowest BCUT2D eigenvalue weighted by Crippen LogP contribution is -2.01. The summed E-state index contributed by atoms with van der Waals surface area (Å²) in [7, 11) is 1.73. The zero-order valence-corrected chi connectivity index (χ0v) is 10.4. The second-order valence-corrected chi connectivity index (χ2v) is 3.86. The van der Waals surface area contributed by atoms with Gasteiger partial charge in [-0.2, -0.15) is 10.2 Å². The highest BCUT2D eigenvalue weighted by molar-refractivity contribution is 6.32. The quantitative estimate of drug-likeness (QED) is 0.887. The van der Waals surface area contributed by atoms with Crippen molar-refractivity contribution < 1.29 is 0 Å². The van der Waals surface area contributed by atoms with Crippen molar-refractivity contribution in [3.63, 3.8) is 0 Å². The van der Waals surface area contributed by atoms with E-state index in [1.807, 2.05) is 6.07 Å². The molecular weight excluding hydrogens is 250 g/mol. The minimum Gasteiger partial charge on any atom is -0.372 e. The number of hydrogen-bond donors (Lipinski definition) is 2. The average Bonchev–Trinajstić information content (AvgIpc) is 2.41. The highest BCUT2D eigenvalue weighted by Crippen LogP contribution is 2.21.